The molecule has 1 saturated carbocycles. The lowest BCUT2D eigenvalue weighted by atomic mass is 9.85. The molecule has 0 aromatic heterocycles. The van der Waals surface area contributed by atoms with Gasteiger partial charge < -0.3 is 15.1 Å². The van der Waals surface area contributed by atoms with Gasteiger partial charge in [-0.15, -0.1) is 0 Å². The van der Waals surface area contributed by atoms with Gasteiger partial charge in [-0.3, -0.25) is 4.79 Å². The summed E-state index contributed by atoms with van der Waals surface area (Å²) in [6.45, 7) is 7.05. The highest BCUT2D eigenvalue weighted by atomic mass is 16.2. The van der Waals surface area contributed by atoms with Crippen molar-refractivity contribution in [3.05, 3.63) is 0 Å². The second-order valence-electron chi connectivity index (χ2n) is 7.59. The molecule has 1 N–H and O–H groups in total. The molecule has 4 heteroatoms. The molecule has 2 fully saturated rings. The first-order valence-electron chi connectivity index (χ1n) is 8.67. The monoisotopic (exact) mass is 295 g/mol. The number of carbonyl (C=O) groups excluding carboxylic acids is 1. The SMILES string of the molecule is CC(C)CN(CCN(C)C)C(=O)C1CC2CCCCC2N1. The van der Waals surface area contributed by atoms with Gasteiger partial charge in [0.25, 0.3) is 0 Å². The Kier molecular flexibility index (Phi) is 6.06. The Balaban J connectivity index is 1.93. The van der Waals surface area contributed by atoms with Crippen LogP contribution in [-0.4, -0.2) is 61.5 Å². The van der Waals surface area contributed by atoms with Crippen molar-refractivity contribution in [3.8, 4) is 0 Å². The zero-order valence-electron chi connectivity index (χ0n) is 14.3. The second kappa shape index (κ2) is 7.59. The molecule has 21 heavy (non-hydrogen) atoms. The number of hydrogen-bond donors (Lipinski definition) is 1. The second-order valence-corrected chi connectivity index (χ2v) is 7.59. The summed E-state index contributed by atoms with van der Waals surface area (Å²) in [6, 6.07) is 0.668. The van der Waals surface area contributed by atoms with E-state index < -0.39 is 0 Å². The van der Waals surface area contributed by atoms with Crippen LogP contribution in [0.5, 0.6) is 0 Å². The Labute approximate surface area is 130 Å². The third-order valence-corrected chi connectivity index (χ3v) is 4.88. The summed E-state index contributed by atoms with van der Waals surface area (Å²) < 4.78 is 0. The van der Waals surface area contributed by atoms with Crippen molar-refractivity contribution in [1.29, 1.82) is 0 Å². The first kappa shape index (κ1) is 16.8. The average molecular weight is 295 g/mol. The van der Waals surface area contributed by atoms with Crippen molar-refractivity contribution < 1.29 is 4.79 Å². The summed E-state index contributed by atoms with van der Waals surface area (Å²) in [5.41, 5.74) is 0. The lowest BCUT2D eigenvalue weighted by molar-refractivity contribution is -0.133. The summed E-state index contributed by atoms with van der Waals surface area (Å²) >= 11 is 0. The van der Waals surface area contributed by atoms with E-state index >= 15 is 0 Å². The molecule has 0 aromatic carbocycles. The first-order valence-corrected chi connectivity index (χ1v) is 8.67. The van der Waals surface area contributed by atoms with Gasteiger partial charge in [-0.05, 0) is 45.2 Å². The van der Waals surface area contributed by atoms with Gasteiger partial charge in [-0.2, -0.15) is 0 Å². The molecule has 0 spiro atoms. The van der Waals surface area contributed by atoms with Crippen LogP contribution in [0.4, 0.5) is 0 Å². The molecule has 0 radical (unpaired) electrons. The molecular formula is C17H33N3O. The van der Waals surface area contributed by atoms with E-state index in [-0.39, 0.29) is 6.04 Å². The number of hydrogen-bond acceptors (Lipinski definition) is 3. The maximum Gasteiger partial charge on any atom is 0.239 e. The summed E-state index contributed by atoms with van der Waals surface area (Å²) in [6.07, 6.45) is 6.30. The molecule has 1 saturated heterocycles. The molecule has 1 aliphatic carbocycles. The molecule has 3 atom stereocenters. The number of carbonyl (C=O) groups is 1. The third-order valence-electron chi connectivity index (χ3n) is 4.88. The van der Waals surface area contributed by atoms with Gasteiger partial charge in [0.05, 0.1) is 6.04 Å². The maximum absolute atomic E-state index is 12.9. The van der Waals surface area contributed by atoms with E-state index in [0.717, 1.165) is 32.0 Å². The minimum atomic E-state index is 0.0685. The third kappa shape index (κ3) is 4.68. The molecule has 1 aliphatic heterocycles. The van der Waals surface area contributed by atoms with Gasteiger partial charge in [0.1, 0.15) is 0 Å². The van der Waals surface area contributed by atoms with Crippen LogP contribution in [0.25, 0.3) is 0 Å². The smallest absolute Gasteiger partial charge is 0.239 e. The largest absolute Gasteiger partial charge is 0.340 e. The number of nitrogens with zero attached hydrogens (tertiary/aromatic N) is 2. The van der Waals surface area contributed by atoms with Crippen LogP contribution < -0.4 is 5.32 Å². The molecule has 4 nitrogen and oxygen atoms in total. The normalized spacial score (nSPS) is 29.0. The fraction of sp³-hybridized carbons (Fsp3) is 0.941. The molecule has 122 valence electrons. The number of fused-ring (bicyclic) bond motifs is 1. The fourth-order valence-corrected chi connectivity index (χ4v) is 3.78. The predicted molar refractivity (Wildman–Crippen MR) is 87.3 cm³/mol. The highest BCUT2D eigenvalue weighted by molar-refractivity contribution is 5.82. The summed E-state index contributed by atoms with van der Waals surface area (Å²) in [7, 11) is 4.14. The minimum Gasteiger partial charge on any atom is -0.340 e. The van der Waals surface area contributed by atoms with E-state index in [9.17, 15) is 4.79 Å². The van der Waals surface area contributed by atoms with Crippen molar-refractivity contribution in [2.45, 2.75) is 58.0 Å². The molecule has 1 heterocycles. The van der Waals surface area contributed by atoms with Gasteiger partial charge in [-0.1, -0.05) is 26.7 Å². The van der Waals surface area contributed by atoms with Crippen LogP contribution in [-0.2, 0) is 4.79 Å². The Morgan fingerprint density at radius 1 is 1.19 bits per heavy atom. The molecule has 0 bridgehead atoms. The van der Waals surface area contributed by atoms with Crippen molar-refractivity contribution in [2.75, 3.05) is 33.7 Å². The van der Waals surface area contributed by atoms with Crippen LogP contribution in [0, 0.1) is 11.8 Å². The molecule has 0 aromatic rings. The zero-order chi connectivity index (χ0) is 15.4. The van der Waals surface area contributed by atoms with E-state index in [2.05, 4.69) is 43.1 Å². The number of rotatable bonds is 6. The fourth-order valence-electron chi connectivity index (χ4n) is 3.78. The number of nitrogens with one attached hydrogen (secondary N) is 1. The maximum atomic E-state index is 12.9. The lowest BCUT2D eigenvalue weighted by Gasteiger charge is -2.29. The van der Waals surface area contributed by atoms with Crippen molar-refractivity contribution in [3.63, 3.8) is 0 Å². The highest BCUT2D eigenvalue weighted by Gasteiger charge is 2.39. The van der Waals surface area contributed by atoms with Gasteiger partial charge in [0.15, 0.2) is 0 Å². The van der Waals surface area contributed by atoms with Crippen LogP contribution in [0.1, 0.15) is 46.0 Å². The highest BCUT2D eigenvalue weighted by Crippen LogP contribution is 2.33. The number of amides is 1. The Hall–Kier alpha value is -0.610. The van der Waals surface area contributed by atoms with E-state index in [1.807, 2.05) is 0 Å². The van der Waals surface area contributed by atoms with Crippen LogP contribution in [0.3, 0.4) is 0 Å². The summed E-state index contributed by atoms with van der Waals surface area (Å²) in [5, 5.41) is 3.63. The molecule has 2 aliphatic rings. The van der Waals surface area contributed by atoms with Gasteiger partial charge in [0, 0.05) is 25.7 Å². The molecular weight excluding hydrogens is 262 g/mol. The quantitative estimate of drug-likeness (QED) is 0.813. The van der Waals surface area contributed by atoms with E-state index in [4.69, 9.17) is 0 Å². The first-order chi connectivity index (χ1) is 9.97. The van der Waals surface area contributed by atoms with Crippen molar-refractivity contribution >= 4 is 5.91 Å². The standard InChI is InChI=1S/C17H33N3O/c1-13(2)12-20(10-9-19(3)4)17(21)16-11-14-7-5-6-8-15(14)18-16/h13-16,18H,5-12H2,1-4H3. The average Bonchev–Trinajstić information content (AvgIpc) is 2.86. The Morgan fingerprint density at radius 3 is 2.52 bits per heavy atom. The molecule has 3 unspecified atom stereocenters. The van der Waals surface area contributed by atoms with Gasteiger partial charge in [-0.25, -0.2) is 0 Å². The number of likely N-dealkylation sites (N-methyl/N-ethyl adjacent to an activating group) is 1. The van der Waals surface area contributed by atoms with Crippen LogP contribution in [0.2, 0.25) is 0 Å². The van der Waals surface area contributed by atoms with Crippen LogP contribution in [0.15, 0.2) is 0 Å². The molecule has 2 rings (SSSR count). The zero-order valence-corrected chi connectivity index (χ0v) is 14.3. The van der Waals surface area contributed by atoms with E-state index in [1.54, 1.807) is 0 Å². The lowest BCUT2D eigenvalue weighted by Crippen LogP contribution is -2.48. The van der Waals surface area contributed by atoms with Crippen LogP contribution >= 0.6 is 0 Å². The summed E-state index contributed by atoms with van der Waals surface area (Å²) in [4.78, 5) is 17.1. The van der Waals surface area contributed by atoms with Crippen molar-refractivity contribution in [1.82, 2.24) is 15.1 Å². The van der Waals surface area contributed by atoms with Gasteiger partial charge >= 0.3 is 0 Å². The van der Waals surface area contributed by atoms with E-state index in [1.165, 1.54) is 25.7 Å². The summed E-state index contributed by atoms with van der Waals surface area (Å²) in [5.74, 6) is 1.60. The Morgan fingerprint density at radius 2 is 1.90 bits per heavy atom. The predicted octanol–water partition coefficient (Wildman–Crippen LogP) is 1.95. The minimum absolute atomic E-state index is 0.0685. The molecule has 1 amide bonds. The van der Waals surface area contributed by atoms with Crippen molar-refractivity contribution in [2.24, 2.45) is 11.8 Å². The van der Waals surface area contributed by atoms with E-state index in [0.29, 0.717) is 17.9 Å². The topological polar surface area (TPSA) is 35.6 Å². The Bertz CT molecular complexity index is 329. The van der Waals surface area contributed by atoms with Gasteiger partial charge in [0.2, 0.25) is 5.91 Å².